The Morgan fingerprint density at radius 3 is 2.56 bits per heavy atom. The lowest BCUT2D eigenvalue weighted by Crippen LogP contribution is -2.14. The third kappa shape index (κ3) is 5.37. The second kappa shape index (κ2) is 8.77. The molecule has 0 aliphatic heterocycles. The fourth-order valence-electron chi connectivity index (χ4n) is 2.57. The van der Waals surface area contributed by atoms with Crippen LogP contribution in [0.25, 0.3) is 0 Å². The summed E-state index contributed by atoms with van der Waals surface area (Å²) >= 11 is 1.54. The number of carbonyl (C=O) groups is 1. The molecule has 140 valence electrons. The molecule has 0 aliphatic carbocycles. The van der Waals surface area contributed by atoms with Crippen molar-refractivity contribution < 1.29 is 14.1 Å². The van der Waals surface area contributed by atoms with Crippen molar-refractivity contribution in [2.45, 2.75) is 26.5 Å². The Morgan fingerprint density at radius 1 is 1.11 bits per heavy atom. The molecule has 1 amide bonds. The first-order valence-corrected chi connectivity index (χ1v) is 9.80. The largest absolute Gasteiger partial charge is 0.457 e. The Balaban J connectivity index is 1.48. The zero-order valence-corrected chi connectivity index (χ0v) is 16.4. The van der Waals surface area contributed by atoms with E-state index < -0.39 is 0 Å². The minimum atomic E-state index is -0.0425. The minimum absolute atomic E-state index is 0.0425. The highest BCUT2D eigenvalue weighted by molar-refractivity contribution is 7.99. The molecule has 2 aromatic carbocycles. The van der Waals surface area contributed by atoms with Crippen molar-refractivity contribution in [3.8, 4) is 11.5 Å². The summed E-state index contributed by atoms with van der Waals surface area (Å²) in [6, 6.07) is 15.2. The van der Waals surface area contributed by atoms with E-state index in [4.69, 9.17) is 9.26 Å². The summed E-state index contributed by atoms with van der Waals surface area (Å²) in [4.78, 5) is 12.1. The highest BCUT2D eigenvalue weighted by atomic mass is 32.2. The smallest absolute Gasteiger partial charge is 0.234 e. The molecule has 1 heterocycles. The van der Waals surface area contributed by atoms with Gasteiger partial charge in [-0.05, 0) is 62.7 Å². The van der Waals surface area contributed by atoms with Crippen molar-refractivity contribution in [1.29, 1.82) is 0 Å². The number of thioether (sulfide) groups is 1. The Hall–Kier alpha value is -2.73. The predicted molar refractivity (Wildman–Crippen MR) is 108 cm³/mol. The van der Waals surface area contributed by atoms with Crippen LogP contribution in [0.3, 0.4) is 0 Å². The van der Waals surface area contributed by atoms with Crippen LogP contribution in [0.5, 0.6) is 11.5 Å². The van der Waals surface area contributed by atoms with E-state index in [9.17, 15) is 4.79 Å². The molecule has 0 radical (unpaired) electrons. The van der Waals surface area contributed by atoms with Crippen LogP contribution in [0, 0.1) is 20.8 Å². The summed E-state index contributed by atoms with van der Waals surface area (Å²) in [5.41, 5.74) is 3.83. The van der Waals surface area contributed by atoms with Crippen molar-refractivity contribution in [2.75, 3.05) is 11.1 Å². The van der Waals surface area contributed by atoms with Crippen LogP contribution in [0.4, 0.5) is 5.69 Å². The third-order valence-corrected chi connectivity index (χ3v) is 4.98. The maximum Gasteiger partial charge on any atom is 0.234 e. The van der Waals surface area contributed by atoms with Crippen LogP contribution in [-0.2, 0) is 10.5 Å². The van der Waals surface area contributed by atoms with Gasteiger partial charge in [-0.1, -0.05) is 17.3 Å². The number of aryl methyl sites for hydroxylation is 3. The number of hydrogen-bond acceptors (Lipinski definition) is 5. The first-order chi connectivity index (χ1) is 13.0. The van der Waals surface area contributed by atoms with Gasteiger partial charge < -0.3 is 14.6 Å². The van der Waals surface area contributed by atoms with E-state index in [-0.39, 0.29) is 5.91 Å². The van der Waals surface area contributed by atoms with E-state index in [1.54, 1.807) is 0 Å². The summed E-state index contributed by atoms with van der Waals surface area (Å²) in [6.45, 7) is 5.82. The van der Waals surface area contributed by atoms with Crippen LogP contribution in [0.1, 0.15) is 22.6 Å². The number of ether oxygens (including phenoxy) is 1. The number of nitrogens with one attached hydrogen (secondary N) is 1. The lowest BCUT2D eigenvalue weighted by atomic mass is 10.2. The Labute approximate surface area is 163 Å². The standard InChI is InChI=1S/C21H22N2O3S/c1-14-5-4-6-19(11-14)25-18-9-7-17(8-10-18)22-21(24)13-27-12-20-15(2)23-26-16(20)3/h4-11H,12-13H2,1-3H3,(H,22,24). The molecule has 0 saturated carbocycles. The fraction of sp³-hybridized carbons (Fsp3) is 0.238. The van der Waals surface area contributed by atoms with E-state index in [0.29, 0.717) is 11.5 Å². The zero-order valence-electron chi connectivity index (χ0n) is 15.6. The van der Waals surface area contributed by atoms with E-state index >= 15 is 0 Å². The summed E-state index contributed by atoms with van der Waals surface area (Å²) < 4.78 is 10.9. The lowest BCUT2D eigenvalue weighted by molar-refractivity contribution is -0.113. The highest BCUT2D eigenvalue weighted by Crippen LogP contribution is 2.24. The second-order valence-corrected chi connectivity index (χ2v) is 7.27. The molecule has 0 aliphatic rings. The highest BCUT2D eigenvalue weighted by Gasteiger charge is 2.10. The number of anilines is 1. The molecular formula is C21H22N2O3S. The van der Waals surface area contributed by atoms with Gasteiger partial charge in [0, 0.05) is 17.0 Å². The third-order valence-electron chi connectivity index (χ3n) is 4.02. The molecule has 0 unspecified atom stereocenters. The zero-order chi connectivity index (χ0) is 19.2. The number of hydrogen-bond donors (Lipinski definition) is 1. The Kier molecular flexibility index (Phi) is 6.19. The lowest BCUT2D eigenvalue weighted by Gasteiger charge is -2.08. The van der Waals surface area contributed by atoms with Crippen LogP contribution in [0.2, 0.25) is 0 Å². The number of aromatic nitrogens is 1. The molecule has 0 atom stereocenters. The number of nitrogens with zero attached hydrogens (tertiary/aromatic N) is 1. The van der Waals surface area contributed by atoms with Gasteiger partial charge in [0.2, 0.25) is 5.91 Å². The molecule has 0 bridgehead atoms. The van der Waals surface area contributed by atoms with Gasteiger partial charge >= 0.3 is 0 Å². The van der Waals surface area contributed by atoms with Crippen LogP contribution in [0.15, 0.2) is 53.1 Å². The van der Waals surface area contributed by atoms with Gasteiger partial charge in [0.25, 0.3) is 0 Å². The van der Waals surface area contributed by atoms with Crippen molar-refractivity contribution in [2.24, 2.45) is 0 Å². The number of rotatable bonds is 7. The number of benzene rings is 2. The quantitative estimate of drug-likeness (QED) is 0.603. The van der Waals surface area contributed by atoms with Gasteiger partial charge in [-0.3, -0.25) is 4.79 Å². The molecule has 6 heteroatoms. The van der Waals surface area contributed by atoms with Gasteiger partial charge in [0.15, 0.2) is 0 Å². The van der Waals surface area contributed by atoms with Gasteiger partial charge in [-0.15, -0.1) is 11.8 Å². The monoisotopic (exact) mass is 382 g/mol. The normalized spacial score (nSPS) is 10.6. The van der Waals surface area contributed by atoms with Crippen LogP contribution < -0.4 is 10.1 Å². The van der Waals surface area contributed by atoms with Crippen molar-refractivity contribution >= 4 is 23.4 Å². The maximum atomic E-state index is 12.1. The van der Waals surface area contributed by atoms with E-state index in [2.05, 4.69) is 10.5 Å². The molecule has 5 nitrogen and oxygen atoms in total. The average molecular weight is 382 g/mol. The van der Waals surface area contributed by atoms with Crippen LogP contribution in [-0.4, -0.2) is 16.8 Å². The first-order valence-electron chi connectivity index (χ1n) is 8.65. The number of carbonyl (C=O) groups excluding carboxylic acids is 1. The SMILES string of the molecule is Cc1cccc(Oc2ccc(NC(=O)CSCc3c(C)noc3C)cc2)c1. The molecule has 0 spiro atoms. The molecule has 3 aromatic rings. The van der Waals surface area contributed by atoms with Crippen LogP contribution >= 0.6 is 11.8 Å². The van der Waals surface area contributed by atoms with Crippen molar-refractivity contribution in [3.63, 3.8) is 0 Å². The molecule has 1 aromatic heterocycles. The Bertz CT molecular complexity index is 900. The average Bonchev–Trinajstić information content (AvgIpc) is 2.95. The summed E-state index contributed by atoms with van der Waals surface area (Å²) in [5, 5.41) is 6.82. The van der Waals surface area contributed by atoms with Crippen molar-refractivity contribution in [3.05, 3.63) is 71.1 Å². The van der Waals surface area contributed by atoms with Gasteiger partial charge in [-0.25, -0.2) is 0 Å². The summed E-state index contributed by atoms with van der Waals surface area (Å²) in [5.74, 6) is 3.36. The molecule has 0 fully saturated rings. The second-order valence-electron chi connectivity index (χ2n) is 6.29. The van der Waals surface area contributed by atoms with E-state index in [1.807, 2.05) is 69.3 Å². The fourth-order valence-corrected chi connectivity index (χ4v) is 3.55. The van der Waals surface area contributed by atoms with Gasteiger partial charge in [-0.2, -0.15) is 0 Å². The maximum absolute atomic E-state index is 12.1. The molecule has 3 rings (SSSR count). The molecule has 0 saturated heterocycles. The van der Waals surface area contributed by atoms with Gasteiger partial charge in [0.05, 0.1) is 11.4 Å². The topological polar surface area (TPSA) is 64.4 Å². The van der Waals surface area contributed by atoms with E-state index in [1.165, 1.54) is 11.8 Å². The van der Waals surface area contributed by atoms with Crippen molar-refractivity contribution in [1.82, 2.24) is 5.16 Å². The summed E-state index contributed by atoms with van der Waals surface area (Å²) in [7, 11) is 0. The number of amides is 1. The van der Waals surface area contributed by atoms with E-state index in [0.717, 1.165) is 39.8 Å². The predicted octanol–water partition coefficient (Wildman–Crippen LogP) is 5.26. The first kappa shape index (κ1) is 19.0. The van der Waals surface area contributed by atoms with Gasteiger partial charge in [0.1, 0.15) is 17.3 Å². The Morgan fingerprint density at radius 2 is 1.89 bits per heavy atom. The molecule has 27 heavy (non-hydrogen) atoms. The summed E-state index contributed by atoms with van der Waals surface area (Å²) in [6.07, 6.45) is 0. The molecular weight excluding hydrogens is 360 g/mol. The molecule has 1 N–H and O–H groups in total. The minimum Gasteiger partial charge on any atom is -0.457 e.